The van der Waals surface area contributed by atoms with Crippen LogP contribution >= 0.6 is 0 Å². The summed E-state index contributed by atoms with van der Waals surface area (Å²) in [4.78, 5) is 23.6. The number of nitrogens with zero attached hydrogens (tertiary/aromatic N) is 2. The molecule has 1 rings (SSSR count). The third-order valence-electron chi connectivity index (χ3n) is 2.04. The van der Waals surface area contributed by atoms with E-state index in [-0.39, 0.29) is 12.5 Å². The van der Waals surface area contributed by atoms with E-state index in [0.29, 0.717) is 12.8 Å². The van der Waals surface area contributed by atoms with Crippen molar-refractivity contribution in [3.63, 3.8) is 0 Å². The van der Waals surface area contributed by atoms with Gasteiger partial charge in [0.25, 0.3) is 0 Å². The first-order valence-electron chi connectivity index (χ1n) is 3.96. The summed E-state index contributed by atoms with van der Waals surface area (Å²) >= 11 is 0. The van der Waals surface area contributed by atoms with Gasteiger partial charge in [0.1, 0.15) is 12.1 Å². The number of ether oxygens (including phenoxy) is 1. The van der Waals surface area contributed by atoms with Crippen LogP contribution in [0.15, 0.2) is 0 Å². The van der Waals surface area contributed by atoms with Gasteiger partial charge in [-0.25, -0.2) is 4.79 Å². The highest BCUT2D eigenvalue weighted by atomic mass is 16.5. The summed E-state index contributed by atoms with van der Waals surface area (Å²) < 4.78 is 4.60. The van der Waals surface area contributed by atoms with Gasteiger partial charge in [0, 0.05) is 13.5 Å². The molecule has 0 aliphatic carbocycles. The number of likely N-dealkylation sites (N-methyl/N-ethyl adjacent to an activating group) is 1. The van der Waals surface area contributed by atoms with E-state index in [1.807, 2.05) is 0 Å². The molecule has 13 heavy (non-hydrogen) atoms. The van der Waals surface area contributed by atoms with Crippen molar-refractivity contribution in [3.8, 4) is 6.07 Å². The number of likely N-dealkylation sites (tertiary alicyclic amines) is 1. The Bertz CT molecular complexity index is 269. The summed E-state index contributed by atoms with van der Waals surface area (Å²) in [6.45, 7) is -0.253. The first-order chi connectivity index (χ1) is 6.16. The lowest BCUT2D eigenvalue weighted by atomic mass is 10.2. The smallest absolute Gasteiger partial charge is 0.329 e. The summed E-state index contributed by atoms with van der Waals surface area (Å²) in [7, 11) is 1.56. The molecular weight excluding hydrogens is 172 g/mol. The van der Waals surface area contributed by atoms with E-state index >= 15 is 0 Å². The van der Waals surface area contributed by atoms with Gasteiger partial charge < -0.3 is 9.64 Å². The van der Waals surface area contributed by atoms with Gasteiger partial charge >= 0.3 is 5.97 Å². The maximum Gasteiger partial charge on any atom is 0.329 e. The molecule has 0 radical (unpaired) electrons. The molecule has 0 saturated carbocycles. The second kappa shape index (κ2) is 3.90. The molecule has 5 heteroatoms. The maximum absolute atomic E-state index is 11.2. The summed E-state index contributed by atoms with van der Waals surface area (Å²) in [6, 6.07) is 1.20. The van der Waals surface area contributed by atoms with Crippen LogP contribution in [0.3, 0.4) is 0 Å². The molecular formula is C8H10N2O3. The van der Waals surface area contributed by atoms with Crippen molar-refractivity contribution >= 4 is 11.9 Å². The van der Waals surface area contributed by atoms with Gasteiger partial charge in [-0.3, -0.25) is 4.79 Å². The lowest BCUT2D eigenvalue weighted by molar-refractivity contribution is -0.149. The molecule has 5 nitrogen and oxygen atoms in total. The molecule has 0 aromatic carbocycles. The topological polar surface area (TPSA) is 70.4 Å². The van der Waals surface area contributed by atoms with Crippen LogP contribution in [0.4, 0.5) is 0 Å². The van der Waals surface area contributed by atoms with Crippen molar-refractivity contribution in [1.29, 1.82) is 5.26 Å². The van der Waals surface area contributed by atoms with Gasteiger partial charge in [-0.15, -0.1) is 0 Å². The quantitative estimate of drug-likeness (QED) is 0.548. The second-order valence-electron chi connectivity index (χ2n) is 2.82. The third kappa shape index (κ3) is 1.96. The average Bonchev–Trinajstić information content (AvgIpc) is 2.44. The number of nitriles is 1. The zero-order valence-corrected chi connectivity index (χ0v) is 7.32. The second-order valence-corrected chi connectivity index (χ2v) is 2.82. The van der Waals surface area contributed by atoms with Crippen molar-refractivity contribution < 1.29 is 14.3 Å². The number of hydrogen-bond donors (Lipinski definition) is 0. The Balaban J connectivity index is 2.49. The monoisotopic (exact) mass is 182 g/mol. The Morgan fingerprint density at radius 3 is 3.00 bits per heavy atom. The Hall–Kier alpha value is -1.57. The molecule has 1 unspecified atom stereocenters. The predicted molar refractivity (Wildman–Crippen MR) is 42.4 cm³/mol. The molecule has 0 aromatic rings. The number of hydrogen-bond acceptors (Lipinski definition) is 4. The number of rotatable bonds is 2. The van der Waals surface area contributed by atoms with Crippen LogP contribution in [-0.2, 0) is 14.3 Å². The standard InChI is InChI=1S/C8H10N2O3/c1-10-6(2-3-7(10)11)8(12)13-5-4-9/h6H,2-3,5H2,1H3. The number of esters is 1. The summed E-state index contributed by atoms with van der Waals surface area (Å²) in [6.07, 6.45) is 0.864. The normalized spacial score (nSPS) is 21.4. The molecule has 1 heterocycles. The van der Waals surface area contributed by atoms with Crippen LogP contribution in [0.2, 0.25) is 0 Å². The zero-order valence-electron chi connectivity index (χ0n) is 7.32. The molecule has 0 spiro atoms. The Kier molecular flexibility index (Phi) is 2.85. The number of carbonyl (C=O) groups excluding carboxylic acids is 2. The molecule has 1 saturated heterocycles. The maximum atomic E-state index is 11.2. The van der Waals surface area contributed by atoms with Crippen LogP contribution in [-0.4, -0.2) is 36.5 Å². The van der Waals surface area contributed by atoms with E-state index in [4.69, 9.17) is 5.26 Å². The van der Waals surface area contributed by atoms with Crippen molar-refractivity contribution in [2.45, 2.75) is 18.9 Å². The van der Waals surface area contributed by atoms with Crippen LogP contribution in [0.1, 0.15) is 12.8 Å². The third-order valence-corrected chi connectivity index (χ3v) is 2.04. The van der Waals surface area contributed by atoms with Crippen LogP contribution in [0.25, 0.3) is 0 Å². The Morgan fingerprint density at radius 2 is 2.54 bits per heavy atom. The molecule has 1 fully saturated rings. The minimum atomic E-state index is -0.499. The van der Waals surface area contributed by atoms with Gasteiger partial charge in [0.15, 0.2) is 6.61 Å². The van der Waals surface area contributed by atoms with E-state index in [9.17, 15) is 9.59 Å². The van der Waals surface area contributed by atoms with Crippen molar-refractivity contribution in [2.24, 2.45) is 0 Å². The first kappa shape index (κ1) is 9.52. The van der Waals surface area contributed by atoms with E-state index < -0.39 is 12.0 Å². The van der Waals surface area contributed by atoms with Crippen LogP contribution < -0.4 is 0 Å². The van der Waals surface area contributed by atoms with E-state index in [2.05, 4.69) is 4.74 Å². The van der Waals surface area contributed by atoms with Gasteiger partial charge in [0.2, 0.25) is 5.91 Å². The highest BCUT2D eigenvalue weighted by Crippen LogP contribution is 2.17. The zero-order chi connectivity index (χ0) is 9.84. The van der Waals surface area contributed by atoms with Crippen molar-refractivity contribution in [1.82, 2.24) is 4.90 Å². The van der Waals surface area contributed by atoms with Crippen LogP contribution in [0, 0.1) is 11.3 Å². The molecule has 1 amide bonds. The molecule has 70 valence electrons. The Labute approximate surface area is 75.9 Å². The Morgan fingerprint density at radius 1 is 1.85 bits per heavy atom. The fourth-order valence-electron chi connectivity index (χ4n) is 1.28. The minimum Gasteiger partial charge on any atom is -0.449 e. The number of amides is 1. The van der Waals surface area contributed by atoms with Gasteiger partial charge in [-0.1, -0.05) is 0 Å². The van der Waals surface area contributed by atoms with E-state index in [1.54, 1.807) is 13.1 Å². The molecule has 1 aliphatic rings. The van der Waals surface area contributed by atoms with Gasteiger partial charge in [-0.2, -0.15) is 5.26 Å². The van der Waals surface area contributed by atoms with Gasteiger partial charge in [-0.05, 0) is 6.42 Å². The summed E-state index contributed by atoms with van der Waals surface area (Å²) in [5.41, 5.74) is 0. The van der Waals surface area contributed by atoms with E-state index in [0.717, 1.165) is 0 Å². The lowest BCUT2D eigenvalue weighted by Crippen LogP contribution is -2.36. The highest BCUT2D eigenvalue weighted by Gasteiger charge is 2.34. The largest absolute Gasteiger partial charge is 0.449 e. The summed E-state index contributed by atoms with van der Waals surface area (Å²) in [5, 5.41) is 8.17. The molecule has 1 atom stereocenters. The van der Waals surface area contributed by atoms with E-state index in [1.165, 1.54) is 4.90 Å². The fraction of sp³-hybridized carbons (Fsp3) is 0.625. The van der Waals surface area contributed by atoms with Crippen molar-refractivity contribution in [2.75, 3.05) is 13.7 Å². The predicted octanol–water partition coefficient (Wildman–Crippen LogP) is -0.326. The minimum absolute atomic E-state index is 0.0566. The lowest BCUT2D eigenvalue weighted by Gasteiger charge is -2.16. The number of carbonyl (C=O) groups is 2. The fourth-order valence-corrected chi connectivity index (χ4v) is 1.28. The first-order valence-corrected chi connectivity index (χ1v) is 3.96. The summed E-state index contributed by atoms with van der Waals surface area (Å²) in [5.74, 6) is -0.547. The van der Waals surface area contributed by atoms with Crippen LogP contribution in [0.5, 0.6) is 0 Å². The average molecular weight is 182 g/mol. The molecule has 0 N–H and O–H groups in total. The molecule has 0 bridgehead atoms. The molecule has 0 aromatic heterocycles. The molecule has 1 aliphatic heterocycles. The highest BCUT2D eigenvalue weighted by molar-refractivity contribution is 5.87. The van der Waals surface area contributed by atoms with Crippen molar-refractivity contribution in [3.05, 3.63) is 0 Å². The van der Waals surface area contributed by atoms with Gasteiger partial charge in [0.05, 0.1) is 0 Å². The SMILES string of the molecule is CN1C(=O)CCC1C(=O)OCC#N.